The van der Waals surface area contributed by atoms with Crippen LogP contribution in [0.2, 0.25) is 0 Å². The lowest BCUT2D eigenvalue weighted by Crippen LogP contribution is -2.34. The number of carboxylic acid groups (broad SMARTS) is 1. The fourth-order valence-electron chi connectivity index (χ4n) is 2.09. The first-order valence-electron chi connectivity index (χ1n) is 6.42. The van der Waals surface area contributed by atoms with E-state index in [4.69, 9.17) is 5.11 Å². The Hall–Kier alpha value is -1.06. The topological polar surface area (TPSA) is 66.4 Å². The fourth-order valence-corrected chi connectivity index (χ4v) is 2.09. The molecule has 98 valence electrons. The average molecular weight is 241 g/mol. The van der Waals surface area contributed by atoms with Crippen molar-refractivity contribution in [2.75, 3.05) is 6.54 Å². The number of aliphatic carboxylic acids is 1. The Bertz CT molecular complexity index is 288. The minimum atomic E-state index is -0.768. The molecule has 1 amide bonds. The zero-order valence-corrected chi connectivity index (χ0v) is 10.9. The van der Waals surface area contributed by atoms with Gasteiger partial charge in [-0.1, -0.05) is 20.8 Å². The van der Waals surface area contributed by atoms with Crippen molar-refractivity contribution >= 4 is 11.9 Å². The van der Waals surface area contributed by atoms with E-state index >= 15 is 0 Å². The van der Waals surface area contributed by atoms with Gasteiger partial charge < -0.3 is 10.4 Å². The fraction of sp³-hybridized carbons (Fsp3) is 0.846. The number of carbonyl (C=O) groups is 2. The van der Waals surface area contributed by atoms with Crippen molar-refractivity contribution in [2.45, 2.75) is 40.0 Å². The van der Waals surface area contributed by atoms with E-state index in [0.29, 0.717) is 37.6 Å². The van der Waals surface area contributed by atoms with Crippen LogP contribution < -0.4 is 5.32 Å². The average Bonchev–Trinajstić information content (AvgIpc) is 2.74. The first kappa shape index (κ1) is 14.0. The van der Waals surface area contributed by atoms with Crippen molar-refractivity contribution in [3.05, 3.63) is 0 Å². The summed E-state index contributed by atoms with van der Waals surface area (Å²) in [5, 5.41) is 11.8. The van der Waals surface area contributed by atoms with Gasteiger partial charge in [0.05, 0.1) is 5.92 Å². The quantitative estimate of drug-likeness (QED) is 0.772. The number of carboxylic acids is 1. The highest BCUT2D eigenvalue weighted by atomic mass is 16.4. The highest BCUT2D eigenvalue weighted by molar-refractivity contribution is 5.80. The van der Waals surface area contributed by atoms with Gasteiger partial charge >= 0.3 is 5.97 Å². The summed E-state index contributed by atoms with van der Waals surface area (Å²) in [4.78, 5) is 22.6. The molecule has 2 N–H and O–H groups in total. The Labute approximate surface area is 103 Å². The molecule has 0 spiro atoms. The van der Waals surface area contributed by atoms with Crippen LogP contribution >= 0.6 is 0 Å². The monoisotopic (exact) mass is 241 g/mol. The maximum Gasteiger partial charge on any atom is 0.306 e. The molecule has 0 aliphatic heterocycles. The molecule has 1 aliphatic carbocycles. The van der Waals surface area contributed by atoms with Crippen molar-refractivity contribution in [1.29, 1.82) is 0 Å². The largest absolute Gasteiger partial charge is 0.481 e. The maximum absolute atomic E-state index is 11.8. The maximum atomic E-state index is 11.8. The van der Waals surface area contributed by atoms with Crippen molar-refractivity contribution < 1.29 is 14.7 Å². The van der Waals surface area contributed by atoms with E-state index in [0.717, 1.165) is 0 Å². The van der Waals surface area contributed by atoms with Gasteiger partial charge in [-0.2, -0.15) is 0 Å². The molecule has 4 heteroatoms. The van der Waals surface area contributed by atoms with Crippen LogP contribution in [0.25, 0.3) is 0 Å². The van der Waals surface area contributed by atoms with Crippen LogP contribution in [-0.2, 0) is 9.59 Å². The lowest BCUT2D eigenvalue weighted by molar-refractivity contribution is -0.141. The normalized spacial score (nSPS) is 25.9. The molecule has 0 saturated heterocycles. The predicted octanol–water partition coefficient (Wildman–Crippen LogP) is 1.90. The summed E-state index contributed by atoms with van der Waals surface area (Å²) in [5.74, 6) is -0.165. The number of carbonyl (C=O) groups excluding carboxylic acids is 1. The second kappa shape index (κ2) is 6.03. The number of hydrogen-bond acceptors (Lipinski definition) is 2. The van der Waals surface area contributed by atoms with Crippen molar-refractivity contribution in [2.24, 2.45) is 23.7 Å². The van der Waals surface area contributed by atoms with Crippen LogP contribution in [0.3, 0.4) is 0 Å². The first-order valence-corrected chi connectivity index (χ1v) is 6.42. The molecule has 1 fully saturated rings. The van der Waals surface area contributed by atoms with Gasteiger partial charge in [-0.25, -0.2) is 0 Å². The van der Waals surface area contributed by atoms with Crippen molar-refractivity contribution in [1.82, 2.24) is 5.32 Å². The highest BCUT2D eigenvalue weighted by Crippen LogP contribution is 2.31. The van der Waals surface area contributed by atoms with Gasteiger partial charge in [-0.3, -0.25) is 9.59 Å². The van der Waals surface area contributed by atoms with Gasteiger partial charge in [-0.05, 0) is 31.1 Å². The second-order valence-corrected chi connectivity index (χ2v) is 5.51. The molecule has 1 saturated carbocycles. The summed E-state index contributed by atoms with van der Waals surface area (Å²) in [5.41, 5.74) is 0. The van der Waals surface area contributed by atoms with Crippen molar-refractivity contribution in [3.8, 4) is 0 Å². The van der Waals surface area contributed by atoms with Gasteiger partial charge in [0.2, 0.25) is 5.91 Å². The Kier molecular flexibility index (Phi) is 4.97. The Balaban J connectivity index is 2.32. The number of nitrogens with one attached hydrogen (secondary N) is 1. The Morgan fingerprint density at radius 2 is 1.82 bits per heavy atom. The first-order chi connectivity index (χ1) is 7.91. The van der Waals surface area contributed by atoms with E-state index in [1.165, 1.54) is 0 Å². The summed E-state index contributed by atoms with van der Waals surface area (Å²) in [6.07, 6.45) is 1.84. The molecule has 0 aromatic rings. The van der Waals surface area contributed by atoms with E-state index < -0.39 is 5.97 Å². The van der Waals surface area contributed by atoms with Crippen LogP contribution in [0.4, 0.5) is 0 Å². The highest BCUT2D eigenvalue weighted by Gasteiger charge is 2.33. The summed E-state index contributed by atoms with van der Waals surface area (Å²) in [6, 6.07) is 0. The molecule has 0 radical (unpaired) electrons. The van der Waals surface area contributed by atoms with Gasteiger partial charge in [-0.15, -0.1) is 0 Å². The lowest BCUT2D eigenvalue weighted by atomic mass is 9.97. The van der Waals surface area contributed by atoms with E-state index in [-0.39, 0.29) is 17.7 Å². The predicted molar refractivity (Wildman–Crippen MR) is 65.5 cm³/mol. The van der Waals surface area contributed by atoms with Gasteiger partial charge in [0.1, 0.15) is 0 Å². The Morgan fingerprint density at radius 1 is 1.24 bits per heavy atom. The minimum Gasteiger partial charge on any atom is -0.481 e. The van der Waals surface area contributed by atoms with Gasteiger partial charge in [0.15, 0.2) is 0 Å². The number of amides is 1. The molecular formula is C13H23NO3. The summed E-state index contributed by atoms with van der Waals surface area (Å²) >= 11 is 0. The molecule has 1 rings (SSSR count). The number of rotatable bonds is 5. The second-order valence-electron chi connectivity index (χ2n) is 5.51. The number of hydrogen-bond donors (Lipinski definition) is 2. The molecule has 17 heavy (non-hydrogen) atoms. The van der Waals surface area contributed by atoms with Crippen LogP contribution in [0.1, 0.15) is 40.0 Å². The van der Waals surface area contributed by atoms with E-state index in [1.54, 1.807) is 0 Å². The molecular weight excluding hydrogens is 218 g/mol. The van der Waals surface area contributed by atoms with Crippen molar-refractivity contribution in [3.63, 3.8) is 0 Å². The third-order valence-corrected chi connectivity index (χ3v) is 3.89. The van der Waals surface area contributed by atoms with E-state index in [9.17, 15) is 9.59 Å². The summed E-state index contributed by atoms with van der Waals surface area (Å²) < 4.78 is 0. The molecule has 3 unspecified atom stereocenters. The summed E-state index contributed by atoms with van der Waals surface area (Å²) in [7, 11) is 0. The molecule has 3 atom stereocenters. The SMILES string of the molecule is CC(C)C(C)CNC(=O)C1CCC(C(=O)O)C1. The lowest BCUT2D eigenvalue weighted by Gasteiger charge is -2.18. The molecule has 0 bridgehead atoms. The minimum absolute atomic E-state index is 0.0289. The van der Waals surface area contributed by atoms with Crippen LogP contribution in [0, 0.1) is 23.7 Å². The third-order valence-electron chi connectivity index (χ3n) is 3.89. The Morgan fingerprint density at radius 3 is 2.29 bits per heavy atom. The zero-order chi connectivity index (χ0) is 13.0. The third kappa shape index (κ3) is 4.02. The molecule has 0 aromatic heterocycles. The molecule has 0 aromatic carbocycles. The standard InChI is InChI=1S/C13H23NO3/c1-8(2)9(3)7-14-12(15)10-4-5-11(6-10)13(16)17/h8-11H,4-7H2,1-3H3,(H,14,15)(H,16,17). The van der Waals surface area contributed by atoms with Gasteiger partial charge in [0, 0.05) is 12.5 Å². The smallest absolute Gasteiger partial charge is 0.306 e. The van der Waals surface area contributed by atoms with E-state index in [1.807, 2.05) is 0 Å². The molecule has 0 heterocycles. The van der Waals surface area contributed by atoms with Gasteiger partial charge in [0.25, 0.3) is 0 Å². The summed E-state index contributed by atoms with van der Waals surface area (Å²) in [6.45, 7) is 7.06. The molecule has 1 aliphatic rings. The molecule has 4 nitrogen and oxygen atoms in total. The van der Waals surface area contributed by atoms with Crippen LogP contribution in [0.5, 0.6) is 0 Å². The van der Waals surface area contributed by atoms with E-state index in [2.05, 4.69) is 26.1 Å². The zero-order valence-electron chi connectivity index (χ0n) is 10.9. The van der Waals surface area contributed by atoms with Crippen LogP contribution in [0.15, 0.2) is 0 Å². The van der Waals surface area contributed by atoms with Crippen LogP contribution in [-0.4, -0.2) is 23.5 Å².